The molecule has 1 aromatic heterocycles. The lowest BCUT2D eigenvalue weighted by atomic mass is 10.2. The SMILES string of the molecule is CCNC(=NCc1ccc(-c2ccc(OC)cc2)s1)NCC. The molecule has 0 bridgehead atoms. The van der Waals surface area contributed by atoms with E-state index in [4.69, 9.17) is 4.74 Å². The molecule has 2 rings (SSSR count). The number of ether oxygens (including phenoxy) is 1. The Balaban J connectivity index is 2.05. The molecule has 2 N–H and O–H groups in total. The first-order valence-corrected chi connectivity index (χ1v) is 8.33. The zero-order valence-corrected chi connectivity index (χ0v) is 14.2. The summed E-state index contributed by atoms with van der Waals surface area (Å²) in [6.45, 7) is 6.57. The monoisotopic (exact) mass is 317 g/mol. The summed E-state index contributed by atoms with van der Waals surface area (Å²) < 4.78 is 5.19. The van der Waals surface area contributed by atoms with E-state index in [0.717, 1.165) is 24.8 Å². The third-order valence-corrected chi connectivity index (χ3v) is 4.24. The molecule has 22 heavy (non-hydrogen) atoms. The Hall–Kier alpha value is -2.01. The van der Waals surface area contributed by atoms with E-state index in [9.17, 15) is 0 Å². The number of aliphatic imine (C=N–C) groups is 1. The summed E-state index contributed by atoms with van der Waals surface area (Å²) in [5, 5.41) is 6.47. The van der Waals surface area contributed by atoms with Crippen molar-refractivity contribution in [1.29, 1.82) is 0 Å². The maximum atomic E-state index is 5.19. The van der Waals surface area contributed by atoms with Gasteiger partial charge < -0.3 is 15.4 Å². The largest absolute Gasteiger partial charge is 0.497 e. The zero-order chi connectivity index (χ0) is 15.8. The summed E-state index contributed by atoms with van der Waals surface area (Å²) in [5.74, 6) is 1.75. The van der Waals surface area contributed by atoms with Crippen LogP contribution in [0.25, 0.3) is 10.4 Å². The first-order valence-electron chi connectivity index (χ1n) is 7.52. The highest BCUT2D eigenvalue weighted by molar-refractivity contribution is 7.15. The van der Waals surface area contributed by atoms with E-state index in [-0.39, 0.29) is 0 Å². The molecule has 1 aromatic carbocycles. The zero-order valence-electron chi connectivity index (χ0n) is 13.3. The minimum atomic E-state index is 0.691. The van der Waals surface area contributed by atoms with Crippen molar-refractivity contribution < 1.29 is 4.74 Å². The summed E-state index contributed by atoms with van der Waals surface area (Å²) in [4.78, 5) is 7.09. The molecular weight excluding hydrogens is 294 g/mol. The van der Waals surface area contributed by atoms with Gasteiger partial charge in [-0.1, -0.05) is 0 Å². The molecule has 2 aromatic rings. The lowest BCUT2D eigenvalue weighted by Gasteiger charge is -2.08. The third kappa shape index (κ3) is 4.49. The van der Waals surface area contributed by atoms with Gasteiger partial charge in [0, 0.05) is 22.8 Å². The first-order chi connectivity index (χ1) is 10.8. The molecular formula is C17H23N3OS. The van der Waals surface area contributed by atoms with Crippen LogP contribution in [0.15, 0.2) is 41.4 Å². The van der Waals surface area contributed by atoms with Gasteiger partial charge in [0.1, 0.15) is 5.75 Å². The number of benzene rings is 1. The Morgan fingerprint density at radius 2 is 1.73 bits per heavy atom. The van der Waals surface area contributed by atoms with Crippen LogP contribution in [0.1, 0.15) is 18.7 Å². The van der Waals surface area contributed by atoms with Gasteiger partial charge in [-0.2, -0.15) is 0 Å². The van der Waals surface area contributed by atoms with E-state index in [0.29, 0.717) is 6.54 Å². The average molecular weight is 317 g/mol. The van der Waals surface area contributed by atoms with Gasteiger partial charge in [0.15, 0.2) is 5.96 Å². The minimum absolute atomic E-state index is 0.691. The second kappa shape index (κ2) is 8.44. The fraction of sp³-hybridized carbons (Fsp3) is 0.353. The molecule has 4 nitrogen and oxygen atoms in total. The summed E-state index contributed by atoms with van der Waals surface area (Å²) in [7, 11) is 1.68. The second-order valence-electron chi connectivity index (χ2n) is 4.72. The van der Waals surface area contributed by atoms with E-state index in [1.807, 2.05) is 12.1 Å². The van der Waals surface area contributed by atoms with Crippen LogP contribution in [0.4, 0.5) is 0 Å². The molecule has 0 fully saturated rings. The molecule has 0 atom stereocenters. The number of hydrogen-bond acceptors (Lipinski definition) is 3. The van der Waals surface area contributed by atoms with E-state index in [1.165, 1.54) is 15.3 Å². The van der Waals surface area contributed by atoms with E-state index in [2.05, 4.69) is 53.7 Å². The predicted octanol–water partition coefficient (Wildman–Crippen LogP) is 3.50. The second-order valence-corrected chi connectivity index (χ2v) is 5.89. The smallest absolute Gasteiger partial charge is 0.191 e. The molecule has 0 aliphatic rings. The van der Waals surface area contributed by atoms with Gasteiger partial charge in [0.05, 0.1) is 13.7 Å². The van der Waals surface area contributed by atoms with Gasteiger partial charge in [0.2, 0.25) is 0 Å². The van der Waals surface area contributed by atoms with Crippen LogP contribution in [-0.4, -0.2) is 26.2 Å². The maximum Gasteiger partial charge on any atom is 0.191 e. The fourth-order valence-electron chi connectivity index (χ4n) is 2.04. The van der Waals surface area contributed by atoms with Crippen molar-refractivity contribution >= 4 is 17.3 Å². The highest BCUT2D eigenvalue weighted by atomic mass is 32.1. The van der Waals surface area contributed by atoms with E-state index >= 15 is 0 Å². The summed E-state index contributed by atoms with van der Waals surface area (Å²) in [5.41, 5.74) is 1.21. The molecule has 0 saturated carbocycles. The van der Waals surface area contributed by atoms with Crippen molar-refractivity contribution in [3.8, 4) is 16.2 Å². The van der Waals surface area contributed by atoms with Crippen molar-refractivity contribution in [2.24, 2.45) is 4.99 Å². The highest BCUT2D eigenvalue weighted by Gasteiger charge is 2.04. The summed E-state index contributed by atoms with van der Waals surface area (Å²) >= 11 is 1.77. The van der Waals surface area contributed by atoms with Crippen molar-refractivity contribution in [3.63, 3.8) is 0 Å². The molecule has 0 amide bonds. The van der Waals surface area contributed by atoms with Gasteiger partial charge in [-0.15, -0.1) is 11.3 Å². The molecule has 1 heterocycles. The van der Waals surface area contributed by atoms with Gasteiger partial charge in [-0.3, -0.25) is 0 Å². The van der Waals surface area contributed by atoms with Crippen LogP contribution in [0.3, 0.4) is 0 Å². The Morgan fingerprint density at radius 3 is 2.32 bits per heavy atom. The van der Waals surface area contributed by atoms with Gasteiger partial charge in [0.25, 0.3) is 0 Å². The average Bonchev–Trinajstić information content (AvgIpc) is 3.02. The van der Waals surface area contributed by atoms with Crippen LogP contribution in [0.5, 0.6) is 5.75 Å². The standard InChI is InChI=1S/C17H23N3OS/c1-4-18-17(19-5-2)20-12-15-10-11-16(22-15)13-6-8-14(21-3)9-7-13/h6-11H,4-5,12H2,1-3H3,(H2,18,19,20). The van der Waals surface area contributed by atoms with Gasteiger partial charge in [-0.25, -0.2) is 4.99 Å². The molecule has 0 saturated heterocycles. The normalized spacial score (nSPS) is 10.1. The number of methoxy groups -OCH3 is 1. The molecule has 5 heteroatoms. The Kier molecular flexibility index (Phi) is 6.27. The summed E-state index contributed by atoms with van der Waals surface area (Å²) in [6, 6.07) is 12.4. The Bertz CT molecular complexity index is 597. The highest BCUT2D eigenvalue weighted by Crippen LogP contribution is 2.29. The molecule has 0 spiro atoms. The topological polar surface area (TPSA) is 45.7 Å². The Labute approximate surface area is 136 Å². The first kappa shape index (κ1) is 16.4. The maximum absolute atomic E-state index is 5.19. The van der Waals surface area contributed by atoms with Crippen molar-refractivity contribution in [2.75, 3.05) is 20.2 Å². The summed E-state index contributed by atoms with van der Waals surface area (Å²) in [6.07, 6.45) is 0. The van der Waals surface area contributed by atoms with Crippen LogP contribution in [-0.2, 0) is 6.54 Å². The molecule has 0 aliphatic carbocycles. The number of thiophene rings is 1. The van der Waals surface area contributed by atoms with Crippen molar-refractivity contribution in [3.05, 3.63) is 41.3 Å². The van der Waals surface area contributed by atoms with Gasteiger partial charge >= 0.3 is 0 Å². The quantitative estimate of drug-likeness (QED) is 0.633. The minimum Gasteiger partial charge on any atom is -0.497 e. The lowest BCUT2D eigenvalue weighted by molar-refractivity contribution is 0.415. The molecule has 0 unspecified atom stereocenters. The number of nitrogens with one attached hydrogen (secondary N) is 2. The van der Waals surface area contributed by atoms with E-state index < -0.39 is 0 Å². The Morgan fingerprint density at radius 1 is 1.05 bits per heavy atom. The number of hydrogen-bond donors (Lipinski definition) is 2. The fourth-order valence-corrected chi connectivity index (χ4v) is 2.98. The number of guanidine groups is 1. The number of rotatable bonds is 6. The van der Waals surface area contributed by atoms with Crippen LogP contribution in [0.2, 0.25) is 0 Å². The molecule has 0 radical (unpaired) electrons. The van der Waals surface area contributed by atoms with Crippen LogP contribution >= 0.6 is 11.3 Å². The van der Waals surface area contributed by atoms with Crippen LogP contribution < -0.4 is 15.4 Å². The van der Waals surface area contributed by atoms with E-state index in [1.54, 1.807) is 18.4 Å². The molecule has 118 valence electrons. The van der Waals surface area contributed by atoms with Crippen LogP contribution in [0, 0.1) is 0 Å². The third-order valence-electron chi connectivity index (χ3n) is 3.12. The number of nitrogens with zero attached hydrogens (tertiary/aromatic N) is 1. The lowest BCUT2D eigenvalue weighted by Crippen LogP contribution is -2.36. The molecule has 0 aliphatic heterocycles. The predicted molar refractivity (Wildman–Crippen MR) is 94.8 cm³/mol. The van der Waals surface area contributed by atoms with Crippen molar-refractivity contribution in [1.82, 2.24) is 10.6 Å². The van der Waals surface area contributed by atoms with Crippen molar-refractivity contribution in [2.45, 2.75) is 20.4 Å². The van der Waals surface area contributed by atoms with Gasteiger partial charge in [-0.05, 0) is 55.8 Å².